The van der Waals surface area contributed by atoms with Crippen LogP contribution in [-0.4, -0.2) is 45.3 Å². The molecule has 0 aliphatic carbocycles. The number of carbonyl (C=O) groups excluding carboxylic acids is 1. The van der Waals surface area contributed by atoms with E-state index < -0.39 is 8.32 Å². The first-order chi connectivity index (χ1) is 11.3. The monoisotopic (exact) mass is 370 g/mol. The van der Waals surface area contributed by atoms with Crippen LogP contribution in [0.1, 0.15) is 54.9 Å². The largest absolute Gasteiger partial charge is 0.490 e. The lowest BCUT2D eigenvalue weighted by atomic mass is 9.78. The van der Waals surface area contributed by atoms with Gasteiger partial charge >= 0.3 is 13.1 Å². The molecule has 0 spiro atoms. The fourth-order valence-corrected chi connectivity index (χ4v) is 5.52. The molecule has 0 aromatic carbocycles. The highest BCUT2D eigenvalue weighted by atomic mass is 28.4. The highest BCUT2D eigenvalue weighted by Gasteiger charge is 2.52. The number of hydrogen-bond acceptors (Lipinski definition) is 5. The van der Waals surface area contributed by atoms with Crippen LogP contribution in [0.5, 0.6) is 0 Å². The predicted octanol–water partition coefficient (Wildman–Crippen LogP) is 4.13. The molecule has 0 amide bonds. The van der Waals surface area contributed by atoms with E-state index in [1.54, 1.807) is 0 Å². The first kappa shape index (κ1) is 22.4. The summed E-state index contributed by atoms with van der Waals surface area (Å²) in [6, 6.07) is 0.822. The van der Waals surface area contributed by atoms with Crippen molar-refractivity contribution in [1.82, 2.24) is 0 Å². The first-order valence-electron chi connectivity index (χ1n) is 9.11. The summed E-state index contributed by atoms with van der Waals surface area (Å²) in [6.07, 6.45) is 2.93. The van der Waals surface area contributed by atoms with Crippen molar-refractivity contribution < 1.29 is 23.3 Å². The van der Waals surface area contributed by atoms with E-state index in [1.807, 2.05) is 0 Å². The Bertz CT molecular complexity index is 484. The smallest absolute Gasteiger partial charge is 0.466 e. The Labute approximate surface area is 154 Å². The molecule has 0 saturated carbocycles. The SMILES string of the molecule is CC(=O)OCC/C=C(\C[Si](C)(C)OC(C)C)B1OC(C)(C)C(C)(C)O1. The molecule has 25 heavy (non-hydrogen) atoms. The molecule has 144 valence electrons. The molecule has 1 fully saturated rings. The van der Waals surface area contributed by atoms with Gasteiger partial charge in [0.05, 0.1) is 17.8 Å². The molecule has 0 aromatic heterocycles. The van der Waals surface area contributed by atoms with Crippen molar-refractivity contribution in [2.75, 3.05) is 6.61 Å². The lowest BCUT2D eigenvalue weighted by Gasteiger charge is -2.32. The van der Waals surface area contributed by atoms with E-state index in [0.29, 0.717) is 13.0 Å². The maximum Gasteiger partial charge on any atom is 0.490 e. The quantitative estimate of drug-likeness (QED) is 0.365. The lowest BCUT2D eigenvalue weighted by molar-refractivity contribution is -0.140. The van der Waals surface area contributed by atoms with Gasteiger partial charge in [-0.2, -0.15) is 0 Å². The second-order valence-corrected chi connectivity index (χ2v) is 12.7. The predicted molar refractivity (Wildman–Crippen MR) is 104 cm³/mol. The fourth-order valence-electron chi connectivity index (χ4n) is 2.86. The van der Waals surface area contributed by atoms with Gasteiger partial charge in [0, 0.05) is 13.0 Å². The van der Waals surface area contributed by atoms with E-state index in [2.05, 4.69) is 60.7 Å². The molecule has 1 saturated heterocycles. The van der Waals surface area contributed by atoms with Gasteiger partial charge in [0.25, 0.3) is 0 Å². The van der Waals surface area contributed by atoms with Gasteiger partial charge < -0.3 is 18.5 Å². The van der Waals surface area contributed by atoms with Gasteiger partial charge in [-0.1, -0.05) is 6.08 Å². The number of ether oxygens (including phenoxy) is 1. The Morgan fingerprint density at radius 1 is 1.16 bits per heavy atom. The average Bonchev–Trinajstić information content (AvgIpc) is 2.60. The van der Waals surface area contributed by atoms with Crippen molar-refractivity contribution in [2.45, 2.75) is 91.3 Å². The van der Waals surface area contributed by atoms with Crippen LogP contribution in [0.3, 0.4) is 0 Å². The van der Waals surface area contributed by atoms with E-state index in [4.69, 9.17) is 18.5 Å². The van der Waals surface area contributed by atoms with Crippen LogP contribution in [0.2, 0.25) is 19.1 Å². The van der Waals surface area contributed by atoms with E-state index in [-0.39, 0.29) is 30.4 Å². The third-order valence-corrected chi connectivity index (χ3v) is 6.94. The van der Waals surface area contributed by atoms with Crippen molar-refractivity contribution in [2.24, 2.45) is 0 Å². The van der Waals surface area contributed by atoms with Crippen LogP contribution in [0, 0.1) is 0 Å². The van der Waals surface area contributed by atoms with Crippen LogP contribution >= 0.6 is 0 Å². The van der Waals surface area contributed by atoms with Crippen LogP contribution < -0.4 is 0 Å². The Balaban J connectivity index is 2.92. The maximum absolute atomic E-state index is 11.0. The zero-order valence-electron chi connectivity index (χ0n) is 17.4. The fraction of sp³-hybridized carbons (Fsp3) is 0.833. The van der Waals surface area contributed by atoms with E-state index in [9.17, 15) is 4.79 Å². The molecule has 0 N–H and O–H groups in total. The highest BCUT2D eigenvalue weighted by Crippen LogP contribution is 2.40. The molecule has 0 bridgehead atoms. The molecular weight excluding hydrogens is 335 g/mol. The minimum Gasteiger partial charge on any atom is -0.466 e. The zero-order chi connectivity index (χ0) is 19.5. The van der Waals surface area contributed by atoms with Crippen molar-refractivity contribution in [3.63, 3.8) is 0 Å². The number of carbonyl (C=O) groups is 1. The van der Waals surface area contributed by atoms with Gasteiger partial charge in [-0.15, -0.1) is 0 Å². The van der Waals surface area contributed by atoms with E-state index >= 15 is 0 Å². The van der Waals surface area contributed by atoms with E-state index in [0.717, 1.165) is 11.5 Å². The second-order valence-electron chi connectivity index (χ2n) is 8.60. The zero-order valence-corrected chi connectivity index (χ0v) is 18.4. The lowest BCUT2D eigenvalue weighted by Crippen LogP contribution is -2.41. The minimum atomic E-state index is -1.91. The summed E-state index contributed by atoms with van der Waals surface area (Å²) in [5, 5.41) is 0. The third kappa shape index (κ3) is 6.89. The highest BCUT2D eigenvalue weighted by molar-refractivity contribution is 6.74. The number of allylic oxidation sites excluding steroid dienone is 1. The van der Waals surface area contributed by atoms with Crippen LogP contribution in [-0.2, 0) is 23.3 Å². The molecule has 1 heterocycles. The van der Waals surface area contributed by atoms with Crippen molar-refractivity contribution in [3.8, 4) is 0 Å². The van der Waals surface area contributed by atoms with Crippen molar-refractivity contribution in [3.05, 3.63) is 11.5 Å². The standard InChI is InChI=1S/C18H35BO5Si/c1-14(2)22-25(8,9)13-16(11-10-12-21-15(3)20)19-23-17(4,5)18(6,7)24-19/h11,14H,10,12-13H2,1-9H3/b16-11+. The summed E-state index contributed by atoms with van der Waals surface area (Å²) >= 11 is 0. The second kappa shape index (κ2) is 8.38. The first-order valence-corrected chi connectivity index (χ1v) is 12.2. The summed E-state index contributed by atoms with van der Waals surface area (Å²) in [5.41, 5.74) is 0.331. The third-order valence-electron chi connectivity index (χ3n) is 4.57. The van der Waals surface area contributed by atoms with Gasteiger partial charge in [0.2, 0.25) is 0 Å². The summed E-state index contributed by atoms with van der Waals surface area (Å²) in [6.45, 7) is 18.5. The van der Waals surface area contributed by atoms with Gasteiger partial charge in [-0.25, -0.2) is 0 Å². The topological polar surface area (TPSA) is 54.0 Å². The Kier molecular flexibility index (Phi) is 7.51. The number of hydrogen-bond donors (Lipinski definition) is 0. The van der Waals surface area contributed by atoms with Crippen molar-refractivity contribution >= 4 is 21.4 Å². The number of rotatable bonds is 8. The summed E-state index contributed by atoms with van der Waals surface area (Å²) < 4.78 is 23.7. The molecule has 1 rings (SSSR count). The summed E-state index contributed by atoms with van der Waals surface area (Å²) in [5.74, 6) is -0.261. The summed E-state index contributed by atoms with van der Waals surface area (Å²) in [7, 11) is -2.29. The van der Waals surface area contributed by atoms with Gasteiger partial charge in [-0.05, 0) is 72.6 Å². The normalized spacial score (nSPS) is 20.2. The maximum atomic E-state index is 11.0. The van der Waals surface area contributed by atoms with Crippen LogP contribution in [0.25, 0.3) is 0 Å². The van der Waals surface area contributed by atoms with Crippen LogP contribution in [0.15, 0.2) is 11.5 Å². The summed E-state index contributed by atoms with van der Waals surface area (Å²) in [4.78, 5) is 11.0. The van der Waals surface area contributed by atoms with Gasteiger partial charge in [0.15, 0.2) is 8.32 Å². The number of esters is 1. The molecule has 5 nitrogen and oxygen atoms in total. The van der Waals surface area contributed by atoms with Crippen molar-refractivity contribution in [1.29, 1.82) is 0 Å². The van der Waals surface area contributed by atoms with Crippen LogP contribution in [0.4, 0.5) is 0 Å². The molecular formula is C18H35BO5Si. The molecule has 0 aromatic rings. The molecule has 0 radical (unpaired) electrons. The minimum absolute atomic E-state index is 0.197. The molecule has 1 aliphatic heterocycles. The van der Waals surface area contributed by atoms with Gasteiger partial charge in [-0.3, -0.25) is 4.79 Å². The molecule has 0 atom stereocenters. The Hall–Kier alpha value is -0.628. The molecule has 0 unspecified atom stereocenters. The molecule has 1 aliphatic rings. The van der Waals surface area contributed by atoms with Gasteiger partial charge in [0.1, 0.15) is 0 Å². The Morgan fingerprint density at radius 3 is 2.12 bits per heavy atom. The molecule has 7 heteroatoms. The van der Waals surface area contributed by atoms with E-state index in [1.165, 1.54) is 6.92 Å². The Morgan fingerprint density at radius 2 is 1.68 bits per heavy atom. The average molecular weight is 370 g/mol.